The van der Waals surface area contributed by atoms with E-state index < -0.39 is 36.0 Å². The first-order chi connectivity index (χ1) is 20.8. The van der Waals surface area contributed by atoms with Crippen LogP contribution in [0.15, 0.2) is 48.5 Å². The molecule has 0 aromatic heterocycles. The summed E-state index contributed by atoms with van der Waals surface area (Å²) in [6, 6.07) is 14.0. The highest BCUT2D eigenvalue weighted by Gasteiger charge is 2.41. The fourth-order valence-corrected chi connectivity index (χ4v) is 3.90. The second kappa shape index (κ2) is 17.0. The van der Waals surface area contributed by atoms with Crippen molar-refractivity contribution in [3.8, 4) is 23.7 Å². The summed E-state index contributed by atoms with van der Waals surface area (Å²) in [4.78, 5) is 77.1. The van der Waals surface area contributed by atoms with Crippen molar-refractivity contribution in [3.05, 3.63) is 70.8 Å². The van der Waals surface area contributed by atoms with Crippen LogP contribution >= 0.6 is 0 Å². The Labute approximate surface area is 257 Å². The van der Waals surface area contributed by atoms with Crippen LogP contribution < -0.4 is 0 Å². The number of Topliss-reactive ketones (excluding diaryl/α,β-unsaturated/α-hetero) is 2. The summed E-state index contributed by atoms with van der Waals surface area (Å²) in [5.41, 5.74) is 2.52. The van der Waals surface area contributed by atoms with Gasteiger partial charge in [0.2, 0.25) is 23.8 Å². The van der Waals surface area contributed by atoms with Crippen LogP contribution in [0.1, 0.15) is 48.9 Å². The van der Waals surface area contributed by atoms with E-state index in [2.05, 4.69) is 23.7 Å². The second-order valence-electron chi connectivity index (χ2n) is 10.2. The lowest BCUT2D eigenvalue weighted by atomic mass is 10.0. The Balaban J connectivity index is 2.25. The van der Waals surface area contributed by atoms with Crippen LogP contribution in [-0.2, 0) is 51.1 Å². The van der Waals surface area contributed by atoms with Crippen LogP contribution in [0.5, 0.6) is 0 Å². The van der Waals surface area contributed by atoms with Crippen LogP contribution in [-0.4, -0.2) is 85.5 Å². The fraction of sp³-hybridized carbons (Fsp3) is 0.353. The lowest BCUT2D eigenvalue weighted by molar-refractivity contribution is -0.181. The Kier molecular flexibility index (Phi) is 13.5. The van der Waals surface area contributed by atoms with E-state index in [1.54, 1.807) is 48.5 Å². The number of ketones is 2. The zero-order valence-electron chi connectivity index (χ0n) is 25.8. The molecule has 44 heavy (non-hydrogen) atoms. The minimum atomic E-state index is -1.74. The number of benzene rings is 2. The van der Waals surface area contributed by atoms with Gasteiger partial charge in [0.25, 0.3) is 11.8 Å². The molecule has 0 saturated heterocycles. The molecule has 10 nitrogen and oxygen atoms in total. The molecular weight excluding hydrogens is 564 g/mol. The first kappa shape index (κ1) is 35.0. The van der Waals surface area contributed by atoms with Crippen molar-refractivity contribution in [1.82, 2.24) is 9.80 Å². The molecule has 2 aromatic carbocycles. The molecule has 0 fully saturated rings. The highest BCUT2D eigenvalue weighted by atomic mass is 16.6. The van der Waals surface area contributed by atoms with E-state index in [1.165, 1.54) is 42.0 Å². The summed E-state index contributed by atoms with van der Waals surface area (Å²) >= 11 is 0. The number of hydrogen-bond acceptors (Lipinski definition) is 8. The third-order valence-electron chi connectivity index (χ3n) is 6.14. The average Bonchev–Trinajstić information content (AvgIpc) is 2.98. The molecule has 0 unspecified atom stereocenters. The van der Waals surface area contributed by atoms with E-state index in [0.29, 0.717) is 22.3 Å². The van der Waals surface area contributed by atoms with Crippen molar-refractivity contribution in [2.75, 3.05) is 28.2 Å². The van der Waals surface area contributed by atoms with Crippen molar-refractivity contribution < 1.29 is 38.2 Å². The van der Waals surface area contributed by atoms with Gasteiger partial charge < -0.3 is 19.3 Å². The first-order valence-corrected chi connectivity index (χ1v) is 13.8. The summed E-state index contributed by atoms with van der Waals surface area (Å²) in [6.45, 7) is 2.69. The van der Waals surface area contributed by atoms with E-state index in [0.717, 1.165) is 9.80 Å². The average molecular weight is 601 g/mol. The molecule has 0 aliphatic heterocycles. The Hall–Kier alpha value is -5.22. The fourth-order valence-electron chi connectivity index (χ4n) is 3.90. The molecular formula is C34H36N2O8. The molecule has 2 aromatic rings. The smallest absolute Gasteiger partial charge is 0.307 e. The van der Waals surface area contributed by atoms with Crippen molar-refractivity contribution in [2.45, 2.75) is 51.7 Å². The quantitative estimate of drug-likeness (QED) is 0.284. The van der Waals surface area contributed by atoms with Gasteiger partial charge in [-0.1, -0.05) is 48.2 Å². The Morgan fingerprint density at radius 1 is 0.614 bits per heavy atom. The monoisotopic (exact) mass is 600 g/mol. The number of esters is 2. The molecule has 0 N–H and O–H groups in total. The third-order valence-corrected chi connectivity index (χ3v) is 6.14. The predicted octanol–water partition coefficient (Wildman–Crippen LogP) is 2.13. The summed E-state index contributed by atoms with van der Waals surface area (Å²) in [7, 11) is 5.69. The number of hydrogen-bond donors (Lipinski definition) is 0. The van der Waals surface area contributed by atoms with Gasteiger partial charge in [0, 0.05) is 66.0 Å². The van der Waals surface area contributed by atoms with Crippen molar-refractivity contribution >= 4 is 35.3 Å². The van der Waals surface area contributed by atoms with Gasteiger partial charge in [-0.25, -0.2) is 0 Å². The minimum Gasteiger partial charge on any atom is -0.448 e. The van der Waals surface area contributed by atoms with Gasteiger partial charge >= 0.3 is 11.9 Å². The molecule has 0 aliphatic carbocycles. The molecule has 10 heteroatoms. The van der Waals surface area contributed by atoms with E-state index >= 15 is 0 Å². The van der Waals surface area contributed by atoms with Crippen LogP contribution in [0.25, 0.3) is 0 Å². The van der Waals surface area contributed by atoms with E-state index in [-0.39, 0.29) is 37.2 Å². The van der Waals surface area contributed by atoms with E-state index in [9.17, 15) is 28.8 Å². The number of aryl methyl sites for hydroxylation is 2. The topological polar surface area (TPSA) is 127 Å². The minimum absolute atomic E-state index is 0.176. The van der Waals surface area contributed by atoms with Crippen LogP contribution in [0.3, 0.4) is 0 Å². The number of amides is 2. The number of ether oxygens (including phenoxy) is 2. The van der Waals surface area contributed by atoms with Gasteiger partial charge in [-0.15, -0.1) is 0 Å². The van der Waals surface area contributed by atoms with Crippen molar-refractivity contribution in [3.63, 3.8) is 0 Å². The number of nitrogens with zero attached hydrogens (tertiary/aromatic N) is 2. The molecule has 2 rings (SSSR count). The number of likely N-dealkylation sites (N-methyl/N-ethyl adjacent to an activating group) is 2. The zero-order valence-corrected chi connectivity index (χ0v) is 25.8. The van der Waals surface area contributed by atoms with E-state index in [1.807, 2.05) is 0 Å². The van der Waals surface area contributed by atoms with Gasteiger partial charge in [0.1, 0.15) is 0 Å². The van der Waals surface area contributed by atoms with Gasteiger partial charge in [-0.05, 0) is 47.9 Å². The molecule has 0 bridgehead atoms. The maximum atomic E-state index is 13.2. The summed E-state index contributed by atoms with van der Waals surface area (Å²) in [5, 5.41) is 0. The predicted molar refractivity (Wildman–Crippen MR) is 162 cm³/mol. The lowest BCUT2D eigenvalue weighted by Crippen LogP contribution is -2.52. The molecule has 0 spiro atoms. The normalized spacial score (nSPS) is 11.3. The lowest BCUT2D eigenvalue weighted by Gasteiger charge is -2.29. The molecule has 2 atom stereocenters. The van der Waals surface area contributed by atoms with Gasteiger partial charge in [0.15, 0.2) is 0 Å². The van der Waals surface area contributed by atoms with Crippen LogP contribution in [0.2, 0.25) is 0 Å². The molecule has 0 heterocycles. The maximum absolute atomic E-state index is 13.2. The third kappa shape index (κ3) is 11.2. The van der Waals surface area contributed by atoms with Crippen LogP contribution in [0.4, 0.5) is 0 Å². The van der Waals surface area contributed by atoms with Crippen molar-refractivity contribution in [1.29, 1.82) is 0 Å². The standard InChI is InChI=1S/C34H36N2O8/c1-23(37)15-17-25-11-7-9-13-27(25)19-21-29(39)43-31(33(41)35(3)4)32(34(42)36(5)6)44-30(40)22-20-28-14-10-8-12-26(28)18-16-24(2)38/h7-14,31-32H,19-22H2,1-6H3/t31-,32-/m1/s1. The van der Waals surface area contributed by atoms with Gasteiger partial charge in [-0.3, -0.25) is 28.8 Å². The first-order valence-electron chi connectivity index (χ1n) is 13.8. The number of carbonyl (C=O) groups is 6. The maximum Gasteiger partial charge on any atom is 0.307 e. The largest absolute Gasteiger partial charge is 0.448 e. The Morgan fingerprint density at radius 3 is 1.27 bits per heavy atom. The molecule has 0 aliphatic rings. The zero-order chi connectivity index (χ0) is 32.8. The Morgan fingerprint density at radius 2 is 0.955 bits per heavy atom. The Bertz CT molecular complexity index is 1420. The molecule has 0 radical (unpaired) electrons. The number of carbonyl (C=O) groups excluding carboxylic acids is 6. The summed E-state index contributed by atoms with van der Waals surface area (Å²) < 4.78 is 11.0. The highest BCUT2D eigenvalue weighted by Crippen LogP contribution is 2.17. The molecule has 2 amide bonds. The van der Waals surface area contributed by atoms with Crippen molar-refractivity contribution in [2.24, 2.45) is 0 Å². The molecule has 0 saturated carbocycles. The summed E-state index contributed by atoms with van der Waals surface area (Å²) in [5.74, 6) is 6.79. The van der Waals surface area contributed by atoms with Gasteiger partial charge in [0.05, 0.1) is 0 Å². The number of rotatable bonds is 11. The SMILES string of the molecule is CC(=O)C#Cc1ccccc1CCC(=O)O[C@@H](C(=O)N(C)C)[C@@H](OC(=O)CCc1ccccc1C#CC(C)=O)C(=O)N(C)C. The second-order valence-corrected chi connectivity index (χ2v) is 10.2. The highest BCUT2D eigenvalue weighted by molar-refractivity contribution is 5.95. The summed E-state index contributed by atoms with van der Waals surface area (Å²) in [6.07, 6.45) is -3.46. The molecule has 230 valence electrons. The van der Waals surface area contributed by atoms with Crippen LogP contribution in [0, 0.1) is 23.7 Å². The van der Waals surface area contributed by atoms with E-state index in [4.69, 9.17) is 9.47 Å². The van der Waals surface area contributed by atoms with Gasteiger partial charge in [-0.2, -0.15) is 0 Å².